The number of carbonyl (C=O) groups is 1. The maximum Gasteiger partial charge on any atom is 0.305 e. The van der Waals surface area contributed by atoms with E-state index < -0.39 is 0 Å². The summed E-state index contributed by atoms with van der Waals surface area (Å²) in [6.45, 7) is 0.511. The molecule has 0 bridgehead atoms. The molecule has 0 radical (unpaired) electrons. The van der Waals surface area contributed by atoms with Gasteiger partial charge in [-0.05, 0) is 18.1 Å². The maximum absolute atomic E-state index is 10.9. The number of ether oxygens (including phenoxy) is 2. The highest BCUT2D eigenvalue weighted by atomic mass is 16.5. The second kappa shape index (κ2) is 6.14. The van der Waals surface area contributed by atoms with E-state index in [2.05, 4.69) is 9.72 Å². The summed E-state index contributed by atoms with van der Waals surface area (Å²) in [6, 6.07) is 3.85. The van der Waals surface area contributed by atoms with Crippen molar-refractivity contribution in [3.63, 3.8) is 0 Å². The van der Waals surface area contributed by atoms with Gasteiger partial charge in [0.05, 0.1) is 19.4 Å². The Hall–Kier alpha value is -1.42. The number of carbonyl (C=O) groups excluding carboxylic acids is 1. The Morgan fingerprint density at radius 2 is 2.20 bits per heavy atom. The van der Waals surface area contributed by atoms with E-state index in [0.717, 1.165) is 11.3 Å². The van der Waals surface area contributed by atoms with Crippen LogP contribution in [0, 0.1) is 0 Å². The zero-order valence-corrected chi connectivity index (χ0v) is 9.03. The lowest BCUT2D eigenvalue weighted by molar-refractivity contribution is -0.140. The average Bonchev–Trinajstić information content (AvgIpc) is 2.28. The standard InChI is InChI=1S/C11H15NO3/c1-14-8-10-5-3-9(7-12-10)4-6-11(13)15-2/h3,5,7H,4,6,8H2,1-2H3. The molecule has 0 aliphatic heterocycles. The van der Waals surface area contributed by atoms with Gasteiger partial charge in [0, 0.05) is 19.7 Å². The van der Waals surface area contributed by atoms with Crippen molar-refractivity contribution in [1.29, 1.82) is 0 Å². The van der Waals surface area contributed by atoms with Gasteiger partial charge in [-0.25, -0.2) is 0 Å². The first-order valence-corrected chi connectivity index (χ1v) is 4.76. The number of aryl methyl sites for hydroxylation is 1. The van der Waals surface area contributed by atoms with Gasteiger partial charge in [0.15, 0.2) is 0 Å². The van der Waals surface area contributed by atoms with E-state index in [1.54, 1.807) is 13.3 Å². The SMILES string of the molecule is COCc1ccc(CCC(=O)OC)cn1. The minimum Gasteiger partial charge on any atom is -0.469 e. The molecule has 0 amide bonds. The molecule has 4 heteroatoms. The minimum absolute atomic E-state index is 0.198. The van der Waals surface area contributed by atoms with Crippen LogP contribution in [0.2, 0.25) is 0 Å². The van der Waals surface area contributed by atoms with Gasteiger partial charge in [0.25, 0.3) is 0 Å². The zero-order chi connectivity index (χ0) is 11.1. The maximum atomic E-state index is 10.9. The number of rotatable bonds is 5. The summed E-state index contributed by atoms with van der Waals surface area (Å²) in [4.78, 5) is 15.1. The fourth-order valence-corrected chi connectivity index (χ4v) is 1.18. The molecule has 82 valence electrons. The molecule has 4 nitrogen and oxygen atoms in total. The molecule has 0 saturated carbocycles. The van der Waals surface area contributed by atoms with Crippen molar-refractivity contribution in [3.8, 4) is 0 Å². The number of pyridine rings is 1. The average molecular weight is 209 g/mol. The Morgan fingerprint density at radius 3 is 2.73 bits per heavy atom. The molecule has 0 aliphatic carbocycles. The van der Waals surface area contributed by atoms with E-state index >= 15 is 0 Å². The van der Waals surface area contributed by atoms with Crippen molar-refractivity contribution in [3.05, 3.63) is 29.6 Å². The summed E-state index contributed by atoms with van der Waals surface area (Å²) in [5.41, 5.74) is 1.92. The van der Waals surface area contributed by atoms with Crippen molar-refractivity contribution in [2.75, 3.05) is 14.2 Å². The van der Waals surface area contributed by atoms with Crippen molar-refractivity contribution >= 4 is 5.97 Å². The third-order valence-corrected chi connectivity index (χ3v) is 2.02. The van der Waals surface area contributed by atoms with E-state index in [1.165, 1.54) is 7.11 Å². The Kier molecular flexibility index (Phi) is 4.77. The number of hydrogen-bond acceptors (Lipinski definition) is 4. The molecular formula is C11H15NO3. The lowest BCUT2D eigenvalue weighted by Gasteiger charge is -2.02. The fourth-order valence-electron chi connectivity index (χ4n) is 1.18. The third-order valence-electron chi connectivity index (χ3n) is 2.02. The summed E-state index contributed by atoms with van der Waals surface area (Å²) < 4.78 is 9.50. The van der Waals surface area contributed by atoms with E-state index in [9.17, 15) is 4.79 Å². The number of esters is 1. The quantitative estimate of drug-likeness (QED) is 0.686. The molecule has 1 rings (SSSR count). The number of hydrogen-bond donors (Lipinski definition) is 0. The molecule has 0 saturated heterocycles. The predicted octanol–water partition coefficient (Wildman–Crippen LogP) is 1.33. The highest BCUT2D eigenvalue weighted by Gasteiger charge is 2.01. The van der Waals surface area contributed by atoms with Crippen LogP contribution in [0.3, 0.4) is 0 Å². The fraction of sp³-hybridized carbons (Fsp3) is 0.455. The second-order valence-corrected chi connectivity index (χ2v) is 3.17. The molecular weight excluding hydrogens is 194 g/mol. The molecule has 0 fully saturated rings. The summed E-state index contributed by atoms with van der Waals surface area (Å²) in [5, 5.41) is 0. The van der Waals surface area contributed by atoms with Crippen molar-refractivity contribution in [2.45, 2.75) is 19.4 Å². The van der Waals surface area contributed by atoms with E-state index in [-0.39, 0.29) is 5.97 Å². The molecule has 15 heavy (non-hydrogen) atoms. The van der Waals surface area contributed by atoms with Gasteiger partial charge in [-0.1, -0.05) is 6.07 Å². The topological polar surface area (TPSA) is 48.4 Å². The summed E-state index contributed by atoms with van der Waals surface area (Å²) in [7, 11) is 3.02. The summed E-state index contributed by atoms with van der Waals surface area (Å²) in [5.74, 6) is -0.198. The largest absolute Gasteiger partial charge is 0.469 e. The second-order valence-electron chi connectivity index (χ2n) is 3.17. The first kappa shape index (κ1) is 11.7. The van der Waals surface area contributed by atoms with E-state index in [0.29, 0.717) is 19.4 Å². The molecule has 1 heterocycles. The number of nitrogens with zero attached hydrogens (tertiary/aromatic N) is 1. The molecule has 1 aromatic rings. The van der Waals surface area contributed by atoms with Crippen LogP contribution in [-0.2, 0) is 27.3 Å². The van der Waals surface area contributed by atoms with Gasteiger partial charge in [-0.2, -0.15) is 0 Å². The highest BCUT2D eigenvalue weighted by Crippen LogP contribution is 2.04. The molecule has 1 aromatic heterocycles. The van der Waals surface area contributed by atoms with Crippen LogP contribution in [-0.4, -0.2) is 25.2 Å². The first-order valence-electron chi connectivity index (χ1n) is 4.76. The van der Waals surface area contributed by atoms with Gasteiger partial charge in [-0.3, -0.25) is 9.78 Å². The monoisotopic (exact) mass is 209 g/mol. The van der Waals surface area contributed by atoms with Crippen molar-refractivity contribution in [1.82, 2.24) is 4.98 Å². The predicted molar refractivity (Wildman–Crippen MR) is 55.3 cm³/mol. The number of aromatic nitrogens is 1. The first-order chi connectivity index (χ1) is 7.26. The van der Waals surface area contributed by atoms with Gasteiger partial charge < -0.3 is 9.47 Å². The smallest absolute Gasteiger partial charge is 0.305 e. The van der Waals surface area contributed by atoms with Gasteiger partial charge in [0.2, 0.25) is 0 Å². The van der Waals surface area contributed by atoms with Gasteiger partial charge in [0.1, 0.15) is 0 Å². The van der Waals surface area contributed by atoms with Crippen LogP contribution in [0.15, 0.2) is 18.3 Å². The Bertz CT molecular complexity index is 308. The van der Waals surface area contributed by atoms with Crippen molar-refractivity contribution < 1.29 is 14.3 Å². The minimum atomic E-state index is -0.198. The molecule has 0 atom stereocenters. The van der Waals surface area contributed by atoms with Crippen LogP contribution >= 0.6 is 0 Å². The lowest BCUT2D eigenvalue weighted by atomic mass is 10.1. The molecule has 0 aromatic carbocycles. The normalized spacial score (nSPS) is 10.0. The Morgan fingerprint density at radius 1 is 1.40 bits per heavy atom. The highest BCUT2D eigenvalue weighted by molar-refractivity contribution is 5.69. The third kappa shape index (κ3) is 4.08. The van der Waals surface area contributed by atoms with Crippen LogP contribution in [0.1, 0.15) is 17.7 Å². The summed E-state index contributed by atoms with van der Waals surface area (Å²) in [6.07, 6.45) is 2.81. The Labute approximate surface area is 89.2 Å². The van der Waals surface area contributed by atoms with Crippen LogP contribution in [0.5, 0.6) is 0 Å². The van der Waals surface area contributed by atoms with Crippen LogP contribution < -0.4 is 0 Å². The van der Waals surface area contributed by atoms with Gasteiger partial charge >= 0.3 is 5.97 Å². The zero-order valence-electron chi connectivity index (χ0n) is 9.03. The van der Waals surface area contributed by atoms with Crippen LogP contribution in [0.25, 0.3) is 0 Å². The Balaban J connectivity index is 2.45. The van der Waals surface area contributed by atoms with Gasteiger partial charge in [-0.15, -0.1) is 0 Å². The van der Waals surface area contributed by atoms with Crippen LogP contribution in [0.4, 0.5) is 0 Å². The summed E-state index contributed by atoms with van der Waals surface area (Å²) >= 11 is 0. The molecule has 0 N–H and O–H groups in total. The number of methoxy groups -OCH3 is 2. The lowest BCUT2D eigenvalue weighted by Crippen LogP contribution is -2.02. The molecule has 0 aliphatic rings. The molecule has 0 spiro atoms. The molecule has 0 unspecified atom stereocenters. The van der Waals surface area contributed by atoms with E-state index in [4.69, 9.17) is 4.74 Å². The van der Waals surface area contributed by atoms with Crippen molar-refractivity contribution in [2.24, 2.45) is 0 Å². The van der Waals surface area contributed by atoms with E-state index in [1.807, 2.05) is 12.1 Å².